The fourth-order valence-electron chi connectivity index (χ4n) is 2.66. The van der Waals surface area contributed by atoms with E-state index in [1.54, 1.807) is 37.4 Å². The molecule has 0 aromatic heterocycles. The van der Waals surface area contributed by atoms with Gasteiger partial charge >= 0.3 is 12.0 Å². The number of ether oxygens (including phenoxy) is 1. The van der Waals surface area contributed by atoms with Crippen LogP contribution in [-0.2, 0) is 4.74 Å². The van der Waals surface area contributed by atoms with Crippen molar-refractivity contribution < 1.29 is 14.3 Å². The van der Waals surface area contributed by atoms with Crippen molar-refractivity contribution in [2.24, 2.45) is 5.92 Å². The third-order valence-corrected chi connectivity index (χ3v) is 3.89. The summed E-state index contributed by atoms with van der Waals surface area (Å²) >= 11 is 0. The second-order valence-corrected chi connectivity index (χ2v) is 5.65. The minimum Gasteiger partial charge on any atom is -0.462 e. The lowest BCUT2D eigenvalue weighted by atomic mass is 9.89. The van der Waals surface area contributed by atoms with E-state index in [1.807, 2.05) is 0 Å². The molecule has 5 heteroatoms. The summed E-state index contributed by atoms with van der Waals surface area (Å²) in [6, 6.07) is 6.32. The van der Waals surface area contributed by atoms with Gasteiger partial charge in [0.05, 0.1) is 12.2 Å². The monoisotopic (exact) mass is 316 g/mol. The van der Waals surface area contributed by atoms with E-state index in [0.29, 0.717) is 23.8 Å². The Labute approximate surface area is 137 Å². The van der Waals surface area contributed by atoms with Crippen LogP contribution in [0.15, 0.2) is 36.5 Å². The van der Waals surface area contributed by atoms with Crippen LogP contribution in [-0.4, -0.2) is 18.6 Å². The first-order chi connectivity index (χ1) is 11.2. The Bertz CT molecular complexity index is 546. The van der Waals surface area contributed by atoms with Crippen LogP contribution in [0, 0.1) is 5.92 Å². The SMILES string of the molecule is CCOC(=O)c1ccc(NC(=O)N/C=C/C2CCCCC2)cc1. The van der Waals surface area contributed by atoms with E-state index < -0.39 is 0 Å². The van der Waals surface area contributed by atoms with Crippen LogP contribution in [0.5, 0.6) is 0 Å². The number of hydrogen-bond acceptors (Lipinski definition) is 3. The molecular weight excluding hydrogens is 292 g/mol. The number of amides is 2. The molecule has 124 valence electrons. The fraction of sp³-hybridized carbons (Fsp3) is 0.444. The third-order valence-electron chi connectivity index (χ3n) is 3.89. The van der Waals surface area contributed by atoms with Crippen LogP contribution in [0.4, 0.5) is 10.5 Å². The summed E-state index contributed by atoms with van der Waals surface area (Å²) in [5.41, 5.74) is 1.09. The Morgan fingerprint density at radius 3 is 2.52 bits per heavy atom. The maximum Gasteiger partial charge on any atom is 0.338 e. The number of rotatable bonds is 5. The van der Waals surface area contributed by atoms with Crippen molar-refractivity contribution in [3.8, 4) is 0 Å². The number of urea groups is 1. The number of allylic oxidation sites excluding steroid dienone is 1. The highest BCUT2D eigenvalue weighted by molar-refractivity contribution is 5.92. The largest absolute Gasteiger partial charge is 0.462 e. The van der Waals surface area contributed by atoms with Gasteiger partial charge in [-0.25, -0.2) is 9.59 Å². The van der Waals surface area contributed by atoms with E-state index in [0.717, 1.165) is 0 Å². The first-order valence-electron chi connectivity index (χ1n) is 8.20. The molecule has 1 aromatic rings. The van der Waals surface area contributed by atoms with Crippen LogP contribution in [0.25, 0.3) is 0 Å². The summed E-state index contributed by atoms with van der Waals surface area (Å²) in [6.45, 7) is 2.10. The van der Waals surface area contributed by atoms with Crippen LogP contribution in [0.1, 0.15) is 49.4 Å². The molecule has 1 aliphatic rings. The highest BCUT2D eigenvalue weighted by atomic mass is 16.5. The average molecular weight is 316 g/mol. The minimum absolute atomic E-state index is 0.291. The van der Waals surface area contributed by atoms with E-state index in [2.05, 4.69) is 16.7 Å². The predicted molar refractivity (Wildman–Crippen MR) is 90.3 cm³/mol. The van der Waals surface area contributed by atoms with Crippen LogP contribution >= 0.6 is 0 Å². The molecule has 0 radical (unpaired) electrons. The van der Waals surface area contributed by atoms with Crippen molar-refractivity contribution in [1.29, 1.82) is 0 Å². The number of carbonyl (C=O) groups is 2. The molecule has 0 spiro atoms. The highest BCUT2D eigenvalue weighted by Crippen LogP contribution is 2.24. The molecule has 23 heavy (non-hydrogen) atoms. The molecule has 0 heterocycles. The number of benzene rings is 1. The molecule has 5 nitrogen and oxygen atoms in total. The van der Waals surface area contributed by atoms with Gasteiger partial charge in [0.15, 0.2) is 0 Å². The third kappa shape index (κ3) is 5.77. The molecule has 2 rings (SSSR count). The zero-order chi connectivity index (χ0) is 16.5. The standard InChI is InChI=1S/C18H24N2O3/c1-2-23-17(21)15-8-10-16(11-9-15)20-18(22)19-13-12-14-6-4-3-5-7-14/h8-14H,2-7H2,1H3,(H2,19,20,22)/b13-12+. The molecule has 1 aliphatic carbocycles. The normalized spacial score (nSPS) is 15.3. The summed E-state index contributed by atoms with van der Waals surface area (Å²) < 4.78 is 4.91. The quantitative estimate of drug-likeness (QED) is 0.804. The Kier molecular flexibility index (Phi) is 6.66. The molecule has 0 bridgehead atoms. The van der Waals surface area contributed by atoms with E-state index >= 15 is 0 Å². The lowest BCUT2D eigenvalue weighted by Gasteiger charge is -2.17. The number of nitrogens with one attached hydrogen (secondary N) is 2. The number of hydrogen-bond donors (Lipinski definition) is 2. The second kappa shape index (κ2) is 8.98. The van der Waals surface area contributed by atoms with Crippen LogP contribution in [0.2, 0.25) is 0 Å². The van der Waals surface area contributed by atoms with Gasteiger partial charge < -0.3 is 15.4 Å². The molecule has 0 saturated heterocycles. The smallest absolute Gasteiger partial charge is 0.338 e. The zero-order valence-electron chi connectivity index (χ0n) is 13.5. The van der Waals surface area contributed by atoms with E-state index in [4.69, 9.17) is 4.74 Å². The predicted octanol–water partition coefficient (Wildman–Crippen LogP) is 4.08. The van der Waals surface area contributed by atoms with Crippen molar-refractivity contribution >= 4 is 17.7 Å². The minimum atomic E-state index is -0.362. The summed E-state index contributed by atoms with van der Waals surface area (Å²) in [6.07, 6.45) is 10.1. The van der Waals surface area contributed by atoms with Gasteiger partial charge in [-0.1, -0.05) is 25.3 Å². The van der Waals surface area contributed by atoms with Gasteiger partial charge in [-0.15, -0.1) is 0 Å². The molecule has 1 fully saturated rings. The maximum atomic E-state index is 11.8. The molecule has 0 unspecified atom stereocenters. The van der Waals surface area contributed by atoms with Crippen molar-refractivity contribution in [1.82, 2.24) is 5.32 Å². The molecule has 0 atom stereocenters. The molecule has 2 amide bonds. The number of esters is 1. The van der Waals surface area contributed by atoms with Gasteiger partial charge in [-0.05, 0) is 49.9 Å². The van der Waals surface area contributed by atoms with Gasteiger partial charge in [-0.3, -0.25) is 0 Å². The Morgan fingerprint density at radius 1 is 1.17 bits per heavy atom. The van der Waals surface area contributed by atoms with Crippen molar-refractivity contribution in [2.75, 3.05) is 11.9 Å². The summed E-state index contributed by atoms with van der Waals surface area (Å²) in [5.74, 6) is 0.215. The molecule has 0 aliphatic heterocycles. The van der Waals surface area contributed by atoms with E-state index in [1.165, 1.54) is 32.1 Å². The van der Waals surface area contributed by atoms with Gasteiger partial charge in [0, 0.05) is 11.9 Å². The summed E-state index contributed by atoms with van der Waals surface area (Å²) in [7, 11) is 0. The highest BCUT2D eigenvalue weighted by Gasteiger charge is 2.10. The number of anilines is 1. The van der Waals surface area contributed by atoms with E-state index in [-0.39, 0.29) is 12.0 Å². The molecule has 1 saturated carbocycles. The first kappa shape index (κ1) is 17.1. The Hall–Kier alpha value is -2.30. The zero-order valence-corrected chi connectivity index (χ0v) is 13.5. The van der Waals surface area contributed by atoms with Gasteiger partial charge in [0.1, 0.15) is 0 Å². The maximum absolute atomic E-state index is 11.8. The van der Waals surface area contributed by atoms with Crippen LogP contribution in [0.3, 0.4) is 0 Å². The Morgan fingerprint density at radius 2 is 1.87 bits per heavy atom. The molecular formula is C18H24N2O3. The topological polar surface area (TPSA) is 67.4 Å². The number of carbonyl (C=O) groups excluding carboxylic acids is 2. The second-order valence-electron chi connectivity index (χ2n) is 5.65. The first-order valence-corrected chi connectivity index (χ1v) is 8.20. The summed E-state index contributed by atoms with van der Waals surface area (Å²) in [4.78, 5) is 23.3. The van der Waals surface area contributed by atoms with Crippen molar-refractivity contribution in [2.45, 2.75) is 39.0 Å². The summed E-state index contributed by atoms with van der Waals surface area (Å²) in [5, 5.41) is 5.44. The van der Waals surface area contributed by atoms with Crippen molar-refractivity contribution in [3.63, 3.8) is 0 Å². The molecule has 1 aromatic carbocycles. The Balaban J connectivity index is 1.78. The lowest BCUT2D eigenvalue weighted by Crippen LogP contribution is -2.24. The van der Waals surface area contributed by atoms with Crippen molar-refractivity contribution in [3.05, 3.63) is 42.1 Å². The van der Waals surface area contributed by atoms with Crippen LogP contribution < -0.4 is 10.6 Å². The van der Waals surface area contributed by atoms with Gasteiger partial charge in [0.25, 0.3) is 0 Å². The van der Waals surface area contributed by atoms with Gasteiger partial charge in [-0.2, -0.15) is 0 Å². The molecule has 2 N–H and O–H groups in total. The average Bonchev–Trinajstić information content (AvgIpc) is 2.57. The fourth-order valence-corrected chi connectivity index (χ4v) is 2.66. The lowest BCUT2D eigenvalue weighted by molar-refractivity contribution is 0.0526. The van der Waals surface area contributed by atoms with Gasteiger partial charge in [0.2, 0.25) is 0 Å². The van der Waals surface area contributed by atoms with E-state index in [9.17, 15) is 9.59 Å².